The zero-order chi connectivity index (χ0) is 22.8. The van der Waals surface area contributed by atoms with Gasteiger partial charge in [0.15, 0.2) is 0 Å². The molecular weight excluding hydrogens is 440 g/mol. The highest BCUT2D eigenvalue weighted by atomic mass is 35.5. The lowest BCUT2D eigenvalue weighted by Crippen LogP contribution is -2.96. The van der Waals surface area contributed by atoms with E-state index in [1.165, 1.54) is 0 Å². The summed E-state index contributed by atoms with van der Waals surface area (Å²) >= 11 is 6.44. The van der Waals surface area contributed by atoms with Crippen molar-refractivity contribution in [3.05, 3.63) is 81.9 Å². The van der Waals surface area contributed by atoms with Crippen LogP contribution in [0.4, 0.5) is 11.6 Å². The van der Waals surface area contributed by atoms with E-state index in [1.54, 1.807) is 24.4 Å². The first-order valence-electron chi connectivity index (χ1n) is 10.9. The lowest BCUT2D eigenvalue weighted by atomic mass is 10.0. The Bertz CT molecular complexity index is 1250. The molecule has 1 fully saturated rings. The van der Waals surface area contributed by atoms with Crippen molar-refractivity contribution in [2.24, 2.45) is 0 Å². The number of para-hydroxylation sites is 1. The molecule has 0 atom stereocenters. The van der Waals surface area contributed by atoms with Gasteiger partial charge in [-0.2, -0.15) is 0 Å². The van der Waals surface area contributed by atoms with E-state index in [1.807, 2.05) is 36.5 Å². The molecule has 0 spiro atoms. The number of halogens is 1. The number of benzene rings is 2. The molecule has 1 saturated heterocycles. The van der Waals surface area contributed by atoms with Gasteiger partial charge in [-0.15, -0.1) is 0 Å². The molecule has 1 aliphatic heterocycles. The molecule has 0 bridgehead atoms. The van der Waals surface area contributed by atoms with Crippen LogP contribution >= 0.6 is 11.6 Å². The van der Waals surface area contributed by atoms with Crippen molar-refractivity contribution in [3.8, 4) is 11.3 Å². The van der Waals surface area contributed by atoms with Crippen LogP contribution < -0.4 is 10.5 Å². The Kier molecular flexibility index (Phi) is 6.26. The molecule has 1 aliphatic rings. The standard InChI is InChI=1S/C24H24ClN6O2/c25-21-14-27-24(29-23(21)20-13-26-22-7-2-1-6-19(20)22)28-17-8-10-30(11-9-17)15-16-4-3-5-18(12-16)31(32)33/h1-7,12-14,17,26,31H,8-11,15H2,(H,27,28,29)/q-1. The predicted molar refractivity (Wildman–Crippen MR) is 130 cm³/mol. The van der Waals surface area contributed by atoms with Crippen molar-refractivity contribution < 1.29 is 5.23 Å². The topological polar surface area (TPSA) is 107 Å². The predicted octanol–water partition coefficient (Wildman–Crippen LogP) is 3.87. The van der Waals surface area contributed by atoms with Gasteiger partial charge >= 0.3 is 0 Å². The Labute approximate surface area is 196 Å². The average molecular weight is 464 g/mol. The second kappa shape index (κ2) is 9.46. The van der Waals surface area contributed by atoms with Gasteiger partial charge in [-0.1, -0.05) is 41.9 Å². The van der Waals surface area contributed by atoms with Gasteiger partial charge in [-0.25, -0.2) is 9.97 Å². The van der Waals surface area contributed by atoms with Crippen LogP contribution in [0.15, 0.2) is 60.9 Å². The first-order chi connectivity index (χ1) is 16.1. The first kappa shape index (κ1) is 21.8. The van der Waals surface area contributed by atoms with Crippen molar-refractivity contribution in [2.75, 3.05) is 18.4 Å². The lowest BCUT2D eigenvalue weighted by molar-refractivity contribution is -0.715. The molecule has 4 aromatic rings. The van der Waals surface area contributed by atoms with Gasteiger partial charge in [0.2, 0.25) is 5.95 Å². The Morgan fingerprint density at radius 1 is 1.12 bits per heavy atom. The van der Waals surface area contributed by atoms with Gasteiger partial charge in [0.05, 0.1) is 16.9 Å². The number of hydrogen-bond acceptors (Lipinski definition) is 6. The largest absolute Gasteiger partial charge is 0.628 e. The minimum atomic E-state index is -1.14. The quantitative estimate of drug-likeness (QED) is 0.375. The number of quaternary nitrogens is 1. The maximum absolute atomic E-state index is 11.1. The molecule has 2 aromatic heterocycles. The Balaban J connectivity index is 1.23. The number of piperidine rings is 1. The Morgan fingerprint density at radius 2 is 1.94 bits per heavy atom. The van der Waals surface area contributed by atoms with Gasteiger partial charge in [0, 0.05) is 54.4 Å². The van der Waals surface area contributed by atoms with Crippen molar-refractivity contribution in [1.82, 2.24) is 19.9 Å². The van der Waals surface area contributed by atoms with E-state index in [2.05, 4.69) is 20.2 Å². The van der Waals surface area contributed by atoms with Crippen LogP contribution in [-0.4, -0.2) is 39.0 Å². The van der Waals surface area contributed by atoms with Crippen LogP contribution in [0, 0.1) is 10.4 Å². The van der Waals surface area contributed by atoms with Crippen LogP contribution in [0.3, 0.4) is 0 Å². The summed E-state index contributed by atoms with van der Waals surface area (Å²) in [4.78, 5) is 14.7. The monoisotopic (exact) mass is 463 g/mol. The minimum Gasteiger partial charge on any atom is -0.628 e. The van der Waals surface area contributed by atoms with Crippen LogP contribution in [0.25, 0.3) is 22.2 Å². The van der Waals surface area contributed by atoms with Crippen LogP contribution in [0.5, 0.6) is 0 Å². The van der Waals surface area contributed by atoms with Crippen molar-refractivity contribution in [1.29, 1.82) is 0 Å². The molecule has 0 amide bonds. The summed E-state index contributed by atoms with van der Waals surface area (Å²) in [6.07, 6.45) is 5.45. The average Bonchev–Trinajstić information content (AvgIpc) is 3.26. The summed E-state index contributed by atoms with van der Waals surface area (Å²) < 4.78 is 0. The highest BCUT2D eigenvalue weighted by Gasteiger charge is 2.21. The van der Waals surface area contributed by atoms with E-state index in [0.717, 1.165) is 54.5 Å². The van der Waals surface area contributed by atoms with E-state index >= 15 is 0 Å². The molecule has 2 aromatic carbocycles. The number of rotatable bonds is 6. The van der Waals surface area contributed by atoms with E-state index in [9.17, 15) is 10.4 Å². The fourth-order valence-electron chi connectivity index (χ4n) is 4.37. The van der Waals surface area contributed by atoms with Gasteiger partial charge in [-0.05, 0) is 30.5 Å². The highest BCUT2D eigenvalue weighted by Crippen LogP contribution is 2.32. The number of anilines is 1. The van der Waals surface area contributed by atoms with E-state index in [-0.39, 0.29) is 11.7 Å². The van der Waals surface area contributed by atoms with E-state index in [0.29, 0.717) is 16.7 Å². The van der Waals surface area contributed by atoms with Crippen LogP contribution in [-0.2, 0) is 6.54 Å². The molecular formula is C24H24ClN6O2-. The number of fused-ring (bicyclic) bond motifs is 1. The number of nitrogens with one attached hydrogen (secondary N) is 3. The zero-order valence-electron chi connectivity index (χ0n) is 17.9. The summed E-state index contributed by atoms with van der Waals surface area (Å²) in [6.45, 7) is 2.52. The van der Waals surface area contributed by atoms with E-state index < -0.39 is 5.23 Å². The number of aromatic amines is 1. The van der Waals surface area contributed by atoms with Gasteiger partial charge in [-0.3, -0.25) is 4.90 Å². The summed E-state index contributed by atoms with van der Waals surface area (Å²) in [7, 11) is 0. The second-order valence-electron chi connectivity index (χ2n) is 8.32. The van der Waals surface area contributed by atoms with Gasteiger partial charge in [0.25, 0.3) is 0 Å². The number of nitrogens with zero attached hydrogens (tertiary/aromatic N) is 3. The van der Waals surface area contributed by atoms with Crippen molar-refractivity contribution in [2.45, 2.75) is 25.4 Å². The molecule has 3 N–H and O–H groups in total. The molecule has 5 rings (SSSR count). The first-order valence-corrected chi connectivity index (χ1v) is 11.3. The fourth-order valence-corrected chi connectivity index (χ4v) is 4.56. The lowest BCUT2D eigenvalue weighted by Gasteiger charge is -2.32. The fraction of sp³-hybridized carbons (Fsp3) is 0.250. The molecule has 0 radical (unpaired) electrons. The minimum absolute atomic E-state index is 0.218. The third-order valence-electron chi connectivity index (χ3n) is 6.08. The van der Waals surface area contributed by atoms with Gasteiger partial charge < -0.3 is 25.9 Å². The smallest absolute Gasteiger partial charge is 0.223 e. The van der Waals surface area contributed by atoms with Crippen LogP contribution in [0.2, 0.25) is 5.02 Å². The summed E-state index contributed by atoms with van der Waals surface area (Å²) in [5, 5.41) is 26.1. The summed E-state index contributed by atoms with van der Waals surface area (Å²) in [6, 6.07) is 15.3. The third kappa shape index (κ3) is 4.85. The maximum Gasteiger partial charge on any atom is 0.223 e. The molecule has 3 heterocycles. The molecule has 0 unspecified atom stereocenters. The number of H-pyrrole nitrogens is 1. The van der Waals surface area contributed by atoms with Crippen molar-refractivity contribution >= 4 is 34.1 Å². The molecule has 170 valence electrons. The molecule has 8 nitrogen and oxygen atoms in total. The normalized spacial score (nSPS) is 15.4. The number of aromatic nitrogens is 3. The van der Waals surface area contributed by atoms with Crippen LogP contribution in [0.1, 0.15) is 18.4 Å². The molecule has 0 aliphatic carbocycles. The molecule has 9 heteroatoms. The van der Waals surface area contributed by atoms with E-state index in [4.69, 9.17) is 16.6 Å². The maximum atomic E-state index is 11.1. The van der Waals surface area contributed by atoms with Crippen molar-refractivity contribution in [3.63, 3.8) is 0 Å². The Hall–Kier alpha value is -3.01. The molecule has 0 saturated carbocycles. The Morgan fingerprint density at radius 3 is 2.76 bits per heavy atom. The zero-order valence-corrected chi connectivity index (χ0v) is 18.7. The van der Waals surface area contributed by atoms with Gasteiger partial charge in [0.1, 0.15) is 5.69 Å². The highest BCUT2D eigenvalue weighted by molar-refractivity contribution is 6.33. The number of likely N-dealkylation sites (tertiary alicyclic amines) is 1. The molecule has 33 heavy (non-hydrogen) atoms. The summed E-state index contributed by atoms with van der Waals surface area (Å²) in [5.74, 6) is 0.569. The SMILES string of the molecule is [O-][NH+]([O-])c1cccc(CN2CCC(Nc3ncc(Cl)c(-c4c[nH]c5ccccc45)n3)CC2)c1. The summed E-state index contributed by atoms with van der Waals surface area (Å²) in [5.41, 5.74) is 3.89. The third-order valence-corrected chi connectivity index (χ3v) is 6.35. The second-order valence-corrected chi connectivity index (χ2v) is 8.73. The number of hydrogen-bond donors (Lipinski definition) is 3.